The summed E-state index contributed by atoms with van der Waals surface area (Å²) in [5, 5.41) is 7.69. The van der Waals surface area contributed by atoms with Gasteiger partial charge in [-0.15, -0.1) is 5.10 Å². The minimum atomic E-state index is -0.729. The normalized spacial score (nSPS) is 12.6. The van der Waals surface area contributed by atoms with Crippen molar-refractivity contribution in [2.75, 3.05) is 6.61 Å². The van der Waals surface area contributed by atoms with Gasteiger partial charge in [0.1, 0.15) is 6.61 Å². The van der Waals surface area contributed by atoms with Crippen molar-refractivity contribution in [1.82, 2.24) is 10.2 Å². The Morgan fingerprint density at radius 1 is 1.56 bits per heavy atom. The highest BCUT2D eigenvalue weighted by atomic mass is 19.1. The molecule has 0 amide bonds. The van der Waals surface area contributed by atoms with Gasteiger partial charge in [-0.1, -0.05) is 24.8 Å². The quantitative estimate of drug-likeness (QED) is 0.522. The van der Waals surface area contributed by atoms with E-state index in [0.717, 1.165) is 18.4 Å². The predicted molar refractivity (Wildman–Crippen MR) is 71.2 cm³/mol. The molecule has 4 heteroatoms. The number of halogens is 1. The fraction of sp³-hybridized carbons (Fsp3) is 0.429. The molecule has 0 N–H and O–H groups in total. The maximum Gasteiger partial charge on any atom is 0.241 e. The maximum absolute atomic E-state index is 12.6. The van der Waals surface area contributed by atoms with Gasteiger partial charge in [0, 0.05) is 5.56 Å². The molecule has 0 spiro atoms. The molecule has 0 saturated carbocycles. The summed E-state index contributed by atoms with van der Waals surface area (Å²) in [5.74, 6) is 0.493. The molecule has 1 aromatic rings. The first kappa shape index (κ1) is 14.4. The molecule has 0 aliphatic heterocycles. The fourth-order valence-corrected chi connectivity index (χ4v) is 1.43. The lowest BCUT2D eigenvalue weighted by atomic mass is 10.1. The van der Waals surface area contributed by atoms with E-state index in [1.807, 2.05) is 18.2 Å². The standard InChI is InChI=1S/C14H19FN2O/c1-3-11-18-14-13(9-10-16-17-14)8-6-4-5-7-12(2)15/h3,6,8-10,12H,1,4-5,7,11H2,2H3. The molecule has 1 heterocycles. The number of allylic oxidation sites excluding steroid dienone is 1. The molecule has 0 aliphatic carbocycles. The van der Waals surface area contributed by atoms with Crippen molar-refractivity contribution in [3.8, 4) is 5.88 Å². The number of hydrogen-bond donors (Lipinski definition) is 0. The molecule has 1 rings (SSSR count). The van der Waals surface area contributed by atoms with Crippen molar-refractivity contribution >= 4 is 6.08 Å². The SMILES string of the molecule is C=CCOc1nnccc1C=CCCCC(C)F. The summed E-state index contributed by atoms with van der Waals surface area (Å²) in [4.78, 5) is 0. The molecule has 3 nitrogen and oxygen atoms in total. The zero-order valence-electron chi connectivity index (χ0n) is 10.7. The van der Waals surface area contributed by atoms with Gasteiger partial charge in [-0.25, -0.2) is 4.39 Å². The van der Waals surface area contributed by atoms with Crippen LogP contribution in [0.1, 0.15) is 31.7 Å². The van der Waals surface area contributed by atoms with Crippen molar-refractivity contribution in [2.24, 2.45) is 0 Å². The van der Waals surface area contributed by atoms with E-state index < -0.39 is 6.17 Å². The lowest BCUT2D eigenvalue weighted by Crippen LogP contribution is -1.98. The first-order valence-corrected chi connectivity index (χ1v) is 6.10. The summed E-state index contributed by atoms with van der Waals surface area (Å²) in [7, 11) is 0. The van der Waals surface area contributed by atoms with Crippen molar-refractivity contribution in [2.45, 2.75) is 32.4 Å². The molecular formula is C14H19FN2O. The minimum Gasteiger partial charge on any atom is -0.472 e. The number of hydrogen-bond acceptors (Lipinski definition) is 3. The van der Waals surface area contributed by atoms with Gasteiger partial charge >= 0.3 is 0 Å². The second-order valence-electron chi connectivity index (χ2n) is 4.01. The zero-order chi connectivity index (χ0) is 13.2. The average molecular weight is 250 g/mol. The van der Waals surface area contributed by atoms with Gasteiger partial charge < -0.3 is 4.74 Å². The molecule has 1 atom stereocenters. The van der Waals surface area contributed by atoms with E-state index in [9.17, 15) is 4.39 Å². The van der Waals surface area contributed by atoms with Gasteiger partial charge in [0.25, 0.3) is 0 Å². The molecule has 0 bridgehead atoms. The summed E-state index contributed by atoms with van der Waals surface area (Å²) in [6, 6.07) is 1.83. The van der Waals surface area contributed by atoms with Crippen LogP contribution in [0.2, 0.25) is 0 Å². The second kappa shape index (κ2) is 8.39. The highest BCUT2D eigenvalue weighted by Gasteiger charge is 2.01. The number of alkyl halides is 1. The van der Waals surface area contributed by atoms with Crippen molar-refractivity contribution < 1.29 is 9.13 Å². The van der Waals surface area contributed by atoms with E-state index in [2.05, 4.69) is 16.8 Å². The lowest BCUT2D eigenvalue weighted by molar-refractivity contribution is 0.335. The highest BCUT2D eigenvalue weighted by molar-refractivity contribution is 5.53. The van der Waals surface area contributed by atoms with Gasteiger partial charge in [-0.3, -0.25) is 0 Å². The molecule has 0 aliphatic rings. The van der Waals surface area contributed by atoms with Crippen LogP contribution in [0.3, 0.4) is 0 Å². The van der Waals surface area contributed by atoms with Gasteiger partial charge in [-0.05, 0) is 32.3 Å². The van der Waals surface area contributed by atoms with E-state index in [1.165, 1.54) is 0 Å². The van der Waals surface area contributed by atoms with Crippen molar-refractivity contribution in [3.05, 3.63) is 36.6 Å². The Morgan fingerprint density at radius 2 is 2.39 bits per heavy atom. The lowest BCUT2D eigenvalue weighted by Gasteiger charge is -2.04. The third-order valence-electron chi connectivity index (χ3n) is 2.32. The number of nitrogens with zero attached hydrogens (tertiary/aromatic N) is 2. The fourth-order valence-electron chi connectivity index (χ4n) is 1.43. The molecule has 18 heavy (non-hydrogen) atoms. The van der Waals surface area contributed by atoms with E-state index >= 15 is 0 Å². The van der Waals surface area contributed by atoms with Gasteiger partial charge in [0.15, 0.2) is 0 Å². The smallest absolute Gasteiger partial charge is 0.241 e. The third-order valence-corrected chi connectivity index (χ3v) is 2.32. The molecule has 0 radical (unpaired) electrons. The van der Waals surface area contributed by atoms with Crippen molar-refractivity contribution in [3.63, 3.8) is 0 Å². The monoisotopic (exact) mass is 250 g/mol. The minimum absolute atomic E-state index is 0.402. The largest absolute Gasteiger partial charge is 0.472 e. The predicted octanol–water partition coefficient (Wildman–Crippen LogP) is 3.58. The first-order valence-electron chi connectivity index (χ1n) is 6.10. The molecule has 1 aromatic heterocycles. The molecule has 0 saturated heterocycles. The van der Waals surface area contributed by atoms with Crippen molar-refractivity contribution in [1.29, 1.82) is 0 Å². The molecule has 98 valence electrons. The van der Waals surface area contributed by atoms with E-state index in [1.54, 1.807) is 19.2 Å². The van der Waals surface area contributed by atoms with Crippen LogP contribution in [0.5, 0.6) is 5.88 Å². The molecule has 0 aromatic carbocycles. The molecule has 1 unspecified atom stereocenters. The Hall–Kier alpha value is -1.71. The van der Waals surface area contributed by atoms with Crippen LogP contribution in [0, 0.1) is 0 Å². The Bertz CT molecular complexity index is 391. The van der Waals surface area contributed by atoms with Gasteiger partial charge in [-0.2, -0.15) is 5.10 Å². The number of rotatable bonds is 8. The van der Waals surface area contributed by atoms with Gasteiger partial charge in [0.2, 0.25) is 5.88 Å². The average Bonchev–Trinajstić information content (AvgIpc) is 2.36. The highest BCUT2D eigenvalue weighted by Crippen LogP contribution is 2.15. The summed E-state index contributed by atoms with van der Waals surface area (Å²) in [5.41, 5.74) is 0.875. The van der Waals surface area contributed by atoms with Crippen LogP contribution >= 0.6 is 0 Å². The van der Waals surface area contributed by atoms with Crippen LogP contribution in [-0.2, 0) is 0 Å². The Morgan fingerprint density at radius 3 is 3.11 bits per heavy atom. The van der Waals surface area contributed by atoms with Crippen LogP contribution in [0.25, 0.3) is 6.08 Å². The third kappa shape index (κ3) is 5.57. The molecular weight excluding hydrogens is 231 g/mol. The summed E-state index contributed by atoms with van der Waals surface area (Å²) >= 11 is 0. The number of aromatic nitrogens is 2. The summed E-state index contributed by atoms with van der Waals surface area (Å²) in [6.45, 7) is 5.56. The Balaban J connectivity index is 2.49. The topological polar surface area (TPSA) is 35.0 Å². The first-order chi connectivity index (χ1) is 8.74. The zero-order valence-corrected chi connectivity index (χ0v) is 10.7. The number of ether oxygens (including phenoxy) is 1. The summed E-state index contributed by atoms with van der Waals surface area (Å²) < 4.78 is 18.0. The van der Waals surface area contributed by atoms with E-state index in [-0.39, 0.29) is 0 Å². The van der Waals surface area contributed by atoms with Crippen LogP contribution in [0.15, 0.2) is 31.0 Å². The Labute approximate surface area is 107 Å². The van der Waals surface area contributed by atoms with Crippen LogP contribution in [-0.4, -0.2) is 23.0 Å². The number of unbranched alkanes of at least 4 members (excludes halogenated alkanes) is 1. The Kier molecular flexibility index (Phi) is 6.69. The maximum atomic E-state index is 12.6. The van der Waals surface area contributed by atoms with Crippen LogP contribution < -0.4 is 4.74 Å². The second-order valence-corrected chi connectivity index (χ2v) is 4.01. The van der Waals surface area contributed by atoms with Gasteiger partial charge in [0.05, 0.1) is 12.4 Å². The molecule has 0 fully saturated rings. The van der Waals surface area contributed by atoms with E-state index in [4.69, 9.17) is 4.74 Å². The summed E-state index contributed by atoms with van der Waals surface area (Å²) in [6.07, 6.45) is 8.75. The van der Waals surface area contributed by atoms with E-state index in [0.29, 0.717) is 18.9 Å². The van der Waals surface area contributed by atoms with Crippen LogP contribution in [0.4, 0.5) is 4.39 Å².